The third kappa shape index (κ3) is 1.84. The summed E-state index contributed by atoms with van der Waals surface area (Å²) in [4.78, 5) is 8.57. The topological polar surface area (TPSA) is 94.8 Å². The van der Waals surface area contributed by atoms with E-state index in [4.69, 9.17) is 11.5 Å². The van der Waals surface area contributed by atoms with Crippen LogP contribution in [0.15, 0.2) is 36.8 Å². The van der Waals surface area contributed by atoms with Gasteiger partial charge in [-0.15, -0.1) is 0 Å². The highest BCUT2D eigenvalue weighted by Gasteiger charge is 2.24. The monoisotopic (exact) mass is 280 g/mol. The molecule has 0 bridgehead atoms. The Kier molecular flexibility index (Phi) is 2.58. The summed E-state index contributed by atoms with van der Waals surface area (Å²) >= 11 is 0. The standard InChI is InChI=1S/C15H16N6/c16-10-3-1-9(2-4-10)12-7-21(11-5-18-6-11)15-13(12)14(17)19-8-20-15/h1-4,7-8,11,18H,5-6,16H2,(H2,17,19,20). The molecule has 1 aliphatic heterocycles. The van der Waals surface area contributed by atoms with Gasteiger partial charge in [0.15, 0.2) is 0 Å². The molecule has 1 aliphatic rings. The van der Waals surface area contributed by atoms with Crippen molar-refractivity contribution in [3.63, 3.8) is 0 Å². The number of rotatable bonds is 2. The Morgan fingerprint density at radius 3 is 2.52 bits per heavy atom. The van der Waals surface area contributed by atoms with Gasteiger partial charge in [0.1, 0.15) is 17.8 Å². The zero-order valence-corrected chi connectivity index (χ0v) is 11.5. The number of nitrogen functional groups attached to an aromatic ring is 2. The van der Waals surface area contributed by atoms with E-state index >= 15 is 0 Å². The fourth-order valence-corrected chi connectivity index (χ4v) is 2.74. The van der Waals surface area contributed by atoms with Crippen LogP contribution in [-0.2, 0) is 0 Å². The largest absolute Gasteiger partial charge is 0.399 e. The molecule has 6 heteroatoms. The predicted octanol–water partition coefficient (Wildman–Crippen LogP) is 1.41. The summed E-state index contributed by atoms with van der Waals surface area (Å²) in [7, 11) is 0. The lowest BCUT2D eigenvalue weighted by Crippen LogP contribution is -2.43. The van der Waals surface area contributed by atoms with Crippen LogP contribution in [0.5, 0.6) is 0 Å². The van der Waals surface area contributed by atoms with E-state index in [1.807, 2.05) is 24.3 Å². The number of anilines is 2. The van der Waals surface area contributed by atoms with E-state index in [0.717, 1.165) is 40.9 Å². The maximum Gasteiger partial charge on any atom is 0.146 e. The van der Waals surface area contributed by atoms with E-state index in [9.17, 15) is 0 Å². The summed E-state index contributed by atoms with van der Waals surface area (Å²) < 4.78 is 2.19. The van der Waals surface area contributed by atoms with Gasteiger partial charge in [-0.05, 0) is 17.7 Å². The zero-order valence-electron chi connectivity index (χ0n) is 11.5. The van der Waals surface area contributed by atoms with Gasteiger partial charge in [0.05, 0.1) is 11.4 Å². The third-order valence-electron chi connectivity index (χ3n) is 4.01. The number of nitrogens with zero attached hydrogens (tertiary/aromatic N) is 3. The van der Waals surface area contributed by atoms with E-state index in [1.54, 1.807) is 0 Å². The normalized spacial score (nSPS) is 15.2. The molecule has 1 aromatic carbocycles. The second-order valence-corrected chi connectivity index (χ2v) is 5.34. The maximum absolute atomic E-state index is 6.09. The third-order valence-corrected chi connectivity index (χ3v) is 4.01. The average Bonchev–Trinajstić information content (AvgIpc) is 2.79. The van der Waals surface area contributed by atoms with E-state index in [-0.39, 0.29) is 0 Å². The van der Waals surface area contributed by atoms with Crippen LogP contribution >= 0.6 is 0 Å². The molecule has 1 saturated heterocycles. The highest BCUT2D eigenvalue weighted by Crippen LogP contribution is 2.35. The van der Waals surface area contributed by atoms with E-state index in [2.05, 4.69) is 26.0 Å². The van der Waals surface area contributed by atoms with E-state index < -0.39 is 0 Å². The molecular formula is C15H16N6. The Labute approximate surface area is 121 Å². The van der Waals surface area contributed by atoms with Crippen molar-refractivity contribution in [3.8, 4) is 11.1 Å². The Morgan fingerprint density at radius 1 is 1.10 bits per heavy atom. The Bertz CT molecular complexity index is 801. The molecule has 5 N–H and O–H groups in total. The fraction of sp³-hybridized carbons (Fsp3) is 0.200. The van der Waals surface area contributed by atoms with Crippen molar-refractivity contribution in [1.82, 2.24) is 19.9 Å². The highest BCUT2D eigenvalue weighted by molar-refractivity contribution is 6.00. The van der Waals surface area contributed by atoms with Gasteiger partial charge in [-0.25, -0.2) is 9.97 Å². The minimum Gasteiger partial charge on any atom is -0.399 e. The van der Waals surface area contributed by atoms with Crippen LogP contribution in [0.3, 0.4) is 0 Å². The highest BCUT2D eigenvalue weighted by atomic mass is 15.2. The van der Waals surface area contributed by atoms with Gasteiger partial charge in [0.25, 0.3) is 0 Å². The van der Waals surface area contributed by atoms with Crippen molar-refractivity contribution in [2.75, 3.05) is 24.6 Å². The maximum atomic E-state index is 6.09. The molecule has 2 aromatic heterocycles. The molecule has 0 amide bonds. The number of hydrogen-bond acceptors (Lipinski definition) is 5. The van der Waals surface area contributed by atoms with Gasteiger partial charge in [0, 0.05) is 30.5 Å². The lowest BCUT2D eigenvalue weighted by molar-refractivity contribution is 0.350. The lowest BCUT2D eigenvalue weighted by Gasteiger charge is -2.28. The van der Waals surface area contributed by atoms with E-state index in [1.165, 1.54) is 6.33 Å². The number of nitrogens with two attached hydrogens (primary N) is 2. The summed E-state index contributed by atoms with van der Waals surface area (Å²) in [6, 6.07) is 8.21. The van der Waals surface area contributed by atoms with Crippen LogP contribution in [-0.4, -0.2) is 27.6 Å². The van der Waals surface area contributed by atoms with Crippen molar-refractivity contribution in [2.45, 2.75) is 6.04 Å². The van der Waals surface area contributed by atoms with Crippen LogP contribution in [0.25, 0.3) is 22.2 Å². The molecule has 0 unspecified atom stereocenters. The molecule has 3 heterocycles. The molecule has 6 nitrogen and oxygen atoms in total. The number of nitrogens with one attached hydrogen (secondary N) is 1. The van der Waals surface area contributed by atoms with Crippen molar-refractivity contribution < 1.29 is 0 Å². The molecule has 21 heavy (non-hydrogen) atoms. The van der Waals surface area contributed by atoms with Crippen molar-refractivity contribution in [1.29, 1.82) is 0 Å². The first kappa shape index (κ1) is 12.2. The smallest absolute Gasteiger partial charge is 0.146 e. The van der Waals surface area contributed by atoms with Gasteiger partial charge >= 0.3 is 0 Å². The molecular weight excluding hydrogens is 264 g/mol. The lowest BCUT2D eigenvalue weighted by atomic mass is 10.1. The summed E-state index contributed by atoms with van der Waals surface area (Å²) in [5, 5.41) is 4.19. The number of fused-ring (bicyclic) bond motifs is 1. The average molecular weight is 280 g/mol. The molecule has 0 radical (unpaired) electrons. The van der Waals surface area contributed by atoms with Crippen molar-refractivity contribution in [2.24, 2.45) is 0 Å². The molecule has 0 saturated carbocycles. The quantitative estimate of drug-likeness (QED) is 0.617. The SMILES string of the molecule is Nc1ccc(-c2cn(C3CNC3)c3ncnc(N)c23)cc1. The first-order chi connectivity index (χ1) is 10.2. The second-order valence-electron chi connectivity index (χ2n) is 5.34. The summed E-state index contributed by atoms with van der Waals surface area (Å²) in [6.45, 7) is 1.91. The number of hydrogen-bond donors (Lipinski definition) is 3. The molecule has 0 spiro atoms. The molecule has 3 aromatic rings. The van der Waals surface area contributed by atoms with Crippen LogP contribution in [0, 0.1) is 0 Å². The summed E-state index contributed by atoms with van der Waals surface area (Å²) in [5.74, 6) is 0.512. The van der Waals surface area contributed by atoms with Crippen LogP contribution < -0.4 is 16.8 Å². The molecule has 106 valence electrons. The Morgan fingerprint density at radius 2 is 1.86 bits per heavy atom. The van der Waals surface area contributed by atoms with Crippen LogP contribution in [0.2, 0.25) is 0 Å². The Balaban J connectivity index is 1.97. The van der Waals surface area contributed by atoms with Gasteiger partial charge in [-0.1, -0.05) is 12.1 Å². The molecule has 4 rings (SSSR count). The van der Waals surface area contributed by atoms with Crippen LogP contribution in [0.1, 0.15) is 6.04 Å². The summed E-state index contributed by atoms with van der Waals surface area (Å²) in [5.41, 5.74) is 15.6. The van der Waals surface area contributed by atoms with Crippen molar-refractivity contribution in [3.05, 3.63) is 36.8 Å². The van der Waals surface area contributed by atoms with E-state index in [0.29, 0.717) is 11.9 Å². The number of benzene rings is 1. The minimum atomic E-state index is 0.421. The van der Waals surface area contributed by atoms with Crippen LogP contribution in [0.4, 0.5) is 11.5 Å². The van der Waals surface area contributed by atoms with Gasteiger partial charge in [-0.2, -0.15) is 0 Å². The first-order valence-corrected chi connectivity index (χ1v) is 6.91. The predicted molar refractivity (Wildman–Crippen MR) is 83.7 cm³/mol. The summed E-state index contributed by atoms with van der Waals surface area (Å²) in [6.07, 6.45) is 3.64. The zero-order chi connectivity index (χ0) is 14.4. The van der Waals surface area contributed by atoms with Gasteiger partial charge < -0.3 is 21.4 Å². The van der Waals surface area contributed by atoms with Gasteiger partial charge in [-0.3, -0.25) is 0 Å². The number of aromatic nitrogens is 3. The fourth-order valence-electron chi connectivity index (χ4n) is 2.74. The Hall–Kier alpha value is -2.60. The molecule has 1 fully saturated rings. The molecule has 0 aliphatic carbocycles. The van der Waals surface area contributed by atoms with Gasteiger partial charge in [0.2, 0.25) is 0 Å². The van der Waals surface area contributed by atoms with Crippen molar-refractivity contribution >= 4 is 22.5 Å². The molecule has 0 atom stereocenters. The first-order valence-electron chi connectivity index (χ1n) is 6.91. The second kappa shape index (κ2) is 4.46. The minimum absolute atomic E-state index is 0.421.